The number of hydrogen-bond acceptors (Lipinski definition) is 4. The van der Waals surface area contributed by atoms with E-state index in [1.807, 2.05) is 19.2 Å². The van der Waals surface area contributed by atoms with Crippen LogP contribution in [0.1, 0.15) is 31.2 Å². The molecule has 0 spiro atoms. The lowest BCUT2D eigenvalue weighted by Crippen LogP contribution is -2.29. The SMILES string of the molecule is Cc1oc(-c2ccc(-c3cccnc3)cc2)nc1CCN1CCCC1C. The summed E-state index contributed by atoms with van der Waals surface area (Å²) >= 11 is 0. The number of nitrogens with zero attached hydrogens (tertiary/aromatic N) is 3. The van der Waals surface area contributed by atoms with Crippen LogP contribution in [0.2, 0.25) is 0 Å². The maximum atomic E-state index is 5.95. The number of hydrogen-bond donors (Lipinski definition) is 0. The molecule has 1 aliphatic heterocycles. The summed E-state index contributed by atoms with van der Waals surface area (Å²) in [6, 6.07) is 13.0. The Morgan fingerprint density at radius 3 is 2.62 bits per heavy atom. The Balaban J connectivity index is 1.48. The molecule has 0 amide bonds. The fourth-order valence-corrected chi connectivity index (χ4v) is 3.70. The molecule has 0 bridgehead atoms. The summed E-state index contributed by atoms with van der Waals surface area (Å²) in [5.74, 6) is 1.65. The molecule has 0 N–H and O–H groups in total. The summed E-state index contributed by atoms with van der Waals surface area (Å²) in [4.78, 5) is 11.5. The second-order valence-electron chi connectivity index (χ2n) is 7.12. The molecule has 0 aliphatic carbocycles. The average molecular weight is 347 g/mol. The number of oxazole rings is 1. The second kappa shape index (κ2) is 7.42. The van der Waals surface area contributed by atoms with Crippen molar-refractivity contribution in [2.24, 2.45) is 0 Å². The zero-order valence-electron chi connectivity index (χ0n) is 15.5. The van der Waals surface area contributed by atoms with Crippen molar-refractivity contribution in [3.05, 3.63) is 60.2 Å². The standard InChI is InChI=1S/C22H25N3O/c1-16-5-4-13-25(16)14-11-21-17(2)26-22(24-21)19-9-7-18(8-10-19)20-6-3-12-23-15-20/h3,6-10,12,15-16H,4-5,11,13-14H2,1-2H3. The summed E-state index contributed by atoms with van der Waals surface area (Å²) in [5, 5.41) is 0. The second-order valence-corrected chi connectivity index (χ2v) is 7.12. The van der Waals surface area contributed by atoms with E-state index in [0.717, 1.165) is 41.1 Å². The van der Waals surface area contributed by atoms with E-state index in [1.54, 1.807) is 6.20 Å². The van der Waals surface area contributed by atoms with Crippen molar-refractivity contribution < 1.29 is 4.42 Å². The zero-order chi connectivity index (χ0) is 17.9. The maximum Gasteiger partial charge on any atom is 0.226 e. The largest absolute Gasteiger partial charge is 0.441 e. The number of pyridine rings is 1. The highest BCUT2D eigenvalue weighted by Crippen LogP contribution is 2.26. The predicted octanol–water partition coefficient (Wildman–Crippen LogP) is 4.74. The van der Waals surface area contributed by atoms with E-state index >= 15 is 0 Å². The number of likely N-dealkylation sites (tertiary alicyclic amines) is 1. The van der Waals surface area contributed by atoms with Crippen LogP contribution in [0.5, 0.6) is 0 Å². The van der Waals surface area contributed by atoms with Crippen molar-refractivity contribution in [1.29, 1.82) is 0 Å². The Labute approximate surface area is 154 Å². The van der Waals surface area contributed by atoms with E-state index < -0.39 is 0 Å². The molecule has 3 heterocycles. The minimum atomic E-state index is 0.696. The van der Waals surface area contributed by atoms with Crippen molar-refractivity contribution in [3.8, 4) is 22.6 Å². The van der Waals surface area contributed by atoms with Gasteiger partial charge in [-0.15, -0.1) is 0 Å². The Morgan fingerprint density at radius 2 is 1.92 bits per heavy atom. The smallest absolute Gasteiger partial charge is 0.226 e. The van der Waals surface area contributed by atoms with E-state index in [-0.39, 0.29) is 0 Å². The quantitative estimate of drug-likeness (QED) is 0.668. The van der Waals surface area contributed by atoms with Crippen molar-refractivity contribution in [1.82, 2.24) is 14.9 Å². The van der Waals surface area contributed by atoms with Gasteiger partial charge in [0.1, 0.15) is 5.76 Å². The molecule has 4 nitrogen and oxygen atoms in total. The fourth-order valence-electron chi connectivity index (χ4n) is 3.70. The third-order valence-corrected chi connectivity index (χ3v) is 5.35. The monoisotopic (exact) mass is 347 g/mol. The molecule has 4 rings (SSSR count). The first-order valence-corrected chi connectivity index (χ1v) is 9.42. The lowest BCUT2D eigenvalue weighted by molar-refractivity contribution is 0.271. The van der Waals surface area contributed by atoms with Crippen molar-refractivity contribution >= 4 is 0 Å². The van der Waals surface area contributed by atoms with Gasteiger partial charge in [0.15, 0.2) is 0 Å². The van der Waals surface area contributed by atoms with Gasteiger partial charge in [0.25, 0.3) is 0 Å². The van der Waals surface area contributed by atoms with Crippen LogP contribution in [0.25, 0.3) is 22.6 Å². The molecule has 2 aromatic heterocycles. The minimum absolute atomic E-state index is 0.696. The van der Waals surface area contributed by atoms with E-state index in [1.165, 1.54) is 19.4 Å². The van der Waals surface area contributed by atoms with Crippen LogP contribution in [0.4, 0.5) is 0 Å². The molecule has 1 unspecified atom stereocenters. The molecule has 26 heavy (non-hydrogen) atoms. The van der Waals surface area contributed by atoms with Gasteiger partial charge in [-0.2, -0.15) is 0 Å². The molecule has 4 heteroatoms. The van der Waals surface area contributed by atoms with Crippen LogP contribution in [-0.2, 0) is 6.42 Å². The van der Waals surface area contributed by atoms with E-state index in [9.17, 15) is 0 Å². The normalized spacial score (nSPS) is 17.7. The highest BCUT2D eigenvalue weighted by molar-refractivity contribution is 5.66. The summed E-state index contributed by atoms with van der Waals surface area (Å²) in [7, 11) is 0. The number of benzene rings is 1. The van der Waals surface area contributed by atoms with E-state index in [2.05, 4.69) is 47.1 Å². The molecule has 134 valence electrons. The summed E-state index contributed by atoms with van der Waals surface area (Å²) < 4.78 is 5.95. The van der Waals surface area contributed by atoms with Crippen molar-refractivity contribution in [2.75, 3.05) is 13.1 Å². The summed E-state index contributed by atoms with van der Waals surface area (Å²) in [6.07, 6.45) is 7.24. The lowest BCUT2D eigenvalue weighted by atomic mass is 10.1. The predicted molar refractivity (Wildman–Crippen MR) is 104 cm³/mol. The van der Waals surface area contributed by atoms with Gasteiger partial charge in [-0.05, 0) is 62.6 Å². The van der Waals surface area contributed by atoms with Gasteiger partial charge in [0, 0.05) is 37.0 Å². The molecule has 1 saturated heterocycles. The zero-order valence-corrected chi connectivity index (χ0v) is 15.5. The first-order valence-electron chi connectivity index (χ1n) is 9.42. The highest BCUT2D eigenvalue weighted by atomic mass is 16.4. The van der Waals surface area contributed by atoms with Crippen molar-refractivity contribution in [2.45, 2.75) is 39.2 Å². The molecule has 1 aromatic carbocycles. The lowest BCUT2D eigenvalue weighted by Gasteiger charge is -2.20. The Bertz CT molecular complexity index is 855. The maximum absolute atomic E-state index is 5.95. The molecule has 0 saturated carbocycles. The third-order valence-electron chi connectivity index (χ3n) is 5.35. The van der Waals surface area contributed by atoms with E-state index in [0.29, 0.717) is 11.9 Å². The van der Waals surface area contributed by atoms with Crippen LogP contribution < -0.4 is 0 Å². The van der Waals surface area contributed by atoms with Gasteiger partial charge < -0.3 is 9.32 Å². The Morgan fingerprint density at radius 1 is 1.12 bits per heavy atom. The fraction of sp³-hybridized carbons (Fsp3) is 0.364. The number of aromatic nitrogens is 2. The van der Waals surface area contributed by atoms with Crippen molar-refractivity contribution in [3.63, 3.8) is 0 Å². The van der Waals surface area contributed by atoms with Gasteiger partial charge in [-0.1, -0.05) is 18.2 Å². The van der Waals surface area contributed by atoms with E-state index in [4.69, 9.17) is 9.40 Å². The molecule has 1 atom stereocenters. The van der Waals surface area contributed by atoms with Crippen LogP contribution >= 0.6 is 0 Å². The van der Waals surface area contributed by atoms with Crippen LogP contribution in [-0.4, -0.2) is 34.0 Å². The first kappa shape index (κ1) is 17.0. The molecular weight excluding hydrogens is 322 g/mol. The summed E-state index contributed by atoms with van der Waals surface area (Å²) in [5.41, 5.74) is 4.35. The van der Waals surface area contributed by atoms with Crippen LogP contribution in [0.3, 0.4) is 0 Å². The van der Waals surface area contributed by atoms with Gasteiger partial charge in [0.2, 0.25) is 5.89 Å². The molecule has 3 aromatic rings. The molecular formula is C22H25N3O. The summed E-state index contributed by atoms with van der Waals surface area (Å²) in [6.45, 7) is 6.61. The van der Waals surface area contributed by atoms with Gasteiger partial charge in [-0.3, -0.25) is 4.98 Å². The Hall–Kier alpha value is -2.46. The molecule has 0 radical (unpaired) electrons. The third kappa shape index (κ3) is 3.56. The Kier molecular flexibility index (Phi) is 4.85. The molecule has 1 fully saturated rings. The number of rotatable bonds is 5. The average Bonchev–Trinajstić information content (AvgIpc) is 3.26. The topological polar surface area (TPSA) is 42.2 Å². The van der Waals surface area contributed by atoms with Gasteiger partial charge >= 0.3 is 0 Å². The van der Waals surface area contributed by atoms with Gasteiger partial charge in [-0.25, -0.2) is 4.98 Å². The minimum Gasteiger partial charge on any atom is -0.441 e. The first-order chi connectivity index (χ1) is 12.7. The molecule has 1 aliphatic rings. The highest BCUT2D eigenvalue weighted by Gasteiger charge is 2.21. The van der Waals surface area contributed by atoms with Crippen LogP contribution in [0.15, 0.2) is 53.2 Å². The number of aryl methyl sites for hydroxylation is 1. The van der Waals surface area contributed by atoms with Crippen LogP contribution in [0, 0.1) is 6.92 Å². The van der Waals surface area contributed by atoms with Gasteiger partial charge in [0.05, 0.1) is 5.69 Å².